The van der Waals surface area contributed by atoms with Crippen LogP contribution in [0.1, 0.15) is 11.1 Å². The van der Waals surface area contributed by atoms with Crippen molar-refractivity contribution in [3.8, 4) is 11.5 Å². The van der Waals surface area contributed by atoms with Crippen molar-refractivity contribution in [1.29, 1.82) is 0 Å². The van der Waals surface area contributed by atoms with Gasteiger partial charge in [0.2, 0.25) is 0 Å². The highest BCUT2D eigenvalue weighted by Gasteiger charge is 2.06. The van der Waals surface area contributed by atoms with E-state index >= 15 is 0 Å². The first kappa shape index (κ1) is 13.5. The quantitative estimate of drug-likeness (QED) is 0.648. The minimum Gasteiger partial charge on any atom is -0.456 e. The Labute approximate surface area is 121 Å². The highest BCUT2D eigenvalue weighted by Crippen LogP contribution is 2.32. The fourth-order valence-corrected chi connectivity index (χ4v) is 2.19. The van der Waals surface area contributed by atoms with Gasteiger partial charge in [0.25, 0.3) is 0 Å². The molecule has 0 aliphatic rings. The Bertz CT molecular complexity index is 567. The molecule has 2 rings (SSSR count). The summed E-state index contributed by atoms with van der Waals surface area (Å²) in [5, 5.41) is 1.23. The summed E-state index contributed by atoms with van der Waals surface area (Å²) >= 11 is 17.8. The standard InChI is InChI=1S/C14H11Cl3O/c1-9-6-11(16)3-5-13(9)18-14-4-2-10(8-15)7-12(14)17/h2-7H,8H2,1H3. The van der Waals surface area contributed by atoms with Crippen molar-refractivity contribution in [1.82, 2.24) is 0 Å². The lowest BCUT2D eigenvalue weighted by Crippen LogP contribution is -1.89. The van der Waals surface area contributed by atoms with Gasteiger partial charge in [-0.25, -0.2) is 0 Å². The molecule has 2 aromatic carbocycles. The van der Waals surface area contributed by atoms with E-state index in [0.29, 0.717) is 21.7 Å². The number of benzene rings is 2. The summed E-state index contributed by atoms with van der Waals surface area (Å²) < 4.78 is 5.76. The van der Waals surface area contributed by atoms with Gasteiger partial charge in [0.15, 0.2) is 0 Å². The molecular weight excluding hydrogens is 291 g/mol. The first-order valence-electron chi connectivity index (χ1n) is 5.38. The average Bonchev–Trinajstić information content (AvgIpc) is 2.34. The highest BCUT2D eigenvalue weighted by atomic mass is 35.5. The summed E-state index contributed by atoms with van der Waals surface area (Å²) in [6, 6.07) is 11.0. The van der Waals surface area contributed by atoms with Crippen molar-refractivity contribution in [3.63, 3.8) is 0 Å². The van der Waals surface area contributed by atoms with E-state index in [-0.39, 0.29) is 0 Å². The molecule has 0 unspecified atom stereocenters. The molecule has 0 N–H and O–H groups in total. The number of ether oxygens (including phenoxy) is 1. The highest BCUT2D eigenvalue weighted by molar-refractivity contribution is 6.32. The first-order valence-corrected chi connectivity index (χ1v) is 6.67. The van der Waals surface area contributed by atoms with E-state index < -0.39 is 0 Å². The van der Waals surface area contributed by atoms with E-state index in [1.807, 2.05) is 31.2 Å². The topological polar surface area (TPSA) is 9.23 Å². The number of alkyl halides is 1. The first-order chi connectivity index (χ1) is 8.60. The summed E-state index contributed by atoms with van der Waals surface area (Å²) in [4.78, 5) is 0. The van der Waals surface area contributed by atoms with E-state index in [2.05, 4.69) is 0 Å². The lowest BCUT2D eigenvalue weighted by Gasteiger charge is -2.11. The Kier molecular flexibility index (Phi) is 4.39. The molecule has 0 spiro atoms. The third kappa shape index (κ3) is 3.11. The van der Waals surface area contributed by atoms with Crippen LogP contribution in [0.15, 0.2) is 36.4 Å². The minimum atomic E-state index is 0.431. The van der Waals surface area contributed by atoms with Gasteiger partial charge in [0.05, 0.1) is 5.02 Å². The van der Waals surface area contributed by atoms with Crippen molar-refractivity contribution in [2.24, 2.45) is 0 Å². The van der Waals surface area contributed by atoms with Gasteiger partial charge in [-0.05, 0) is 48.4 Å². The Morgan fingerprint density at radius 2 is 1.72 bits per heavy atom. The smallest absolute Gasteiger partial charge is 0.146 e. The predicted octanol–water partition coefficient (Wildman–Crippen LogP) is 5.83. The third-order valence-corrected chi connectivity index (χ3v) is 3.35. The summed E-state index contributed by atoms with van der Waals surface area (Å²) in [6.45, 7) is 1.93. The van der Waals surface area contributed by atoms with E-state index in [9.17, 15) is 0 Å². The van der Waals surface area contributed by atoms with Crippen molar-refractivity contribution in [3.05, 3.63) is 57.6 Å². The fraction of sp³-hybridized carbons (Fsp3) is 0.143. The zero-order valence-electron chi connectivity index (χ0n) is 9.71. The van der Waals surface area contributed by atoms with Crippen LogP contribution in [-0.2, 0) is 5.88 Å². The Morgan fingerprint density at radius 3 is 2.33 bits per heavy atom. The van der Waals surface area contributed by atoms with E-state index in [0.717, 1.165) is 16.9 Å². The number of hydrogen-bond acceptors (Lipinski definition) is 1. The molecule has 0 aromatic heterocycles. The van der Waals surface area contributed by atoms with Gasteiger partial charge in [-0.2, -0.15) is 0 Å². The van der Waals surface area contributed by atoms with Crippen LogP contribution in [0.25, 0.3) is 0 Å². The van der Waals surface area contributed by atoms with Crippen LogP contribution in [0.5, 0.6) is 11.5 Å². The lowest BCUT2D eigenvalue weighted by molar-refractivity contribution is 0.479. The van der Waals surface area contributed by atoms with Crippen LogP contribution >= 0.6 is 34.8 Å². The molecule has 0 bridgehead atoms. The summed E-state index contributed by atoms with van der Waals surface area (Å²) in [5.41, 5.74) is 1.92. The molecule has 18 heavy (non-hydrogen) atoms. The molecule has 0 aliphatic carbocycles. The normalized spacial score (nSPS) is 10.4. The summed E-state index contributed by atoms with van der Waals surface area (Å²) in [7, 11) is 0. The molecule has 4 heteroatoms. The largest absolute Gasteiger partial charge is 0.456 e. The fourth-order valence-electron chi connectivity index (χ4n) is 1.56. The Hall–Kier alpha value is -0.890. The van der Waals surface area contributed by atoms with Crippen LogP contribution in [0, 0.1) is 6.92 Å². The second-order valence-corrected chi connectivity index (χ2v) is 5.02. The van der Waals surface area contributed by atoms with Crippen LogP contribution in [-0.4, -0.2) is 0 Å². The Morgan fingerprint density at radius 1 is 1.00 bits per heavy atom. The number of rotatable bonds is 3. The molecule has 0 amide bonds. The van der Waals surface area contributed by atoms with Gasteiger partial charge >= 0.3 is 0 Å². The molecule has 0 radical (unpaired) electrons. The summed E-state index contributed by atoms with van der Waals surface area (Å²) in [5.74, 6) is 1.77. The van der Waals surface area contributed by atoms with Crippen LogP contribution in [0.2, 0.25) is 10.0 Å². The number of hydrogen-bond donors (Lipinski definition) is 0. The van der Waals surface area contributed by atoms with Crippen molar-refractivity contribution < 1.29 is 4.74 Å². The van der Waals surface area contributed by atoms with E-state index in [1.165, 1.54) is 0 Å². The zero-order valence-corrected chi connectivity index (χ0v) is 12.0. The van der Waals surface area contributed by atoms with Crippen molar-refractivity contribution in [2.75, 3.05) is 0 Å². The predicted molar refractivity (Wildman–Crippen MR) is 77.3 cm³/mol. The van der Waals surface area contributed by atoms with Crippen LogP contribution < -0.4 is 4.74 Å². The molecule has 0 atom stereocenters. The van der Waals surface area contributed by atoms with Crippen molar-refractivity contribution >= 4 is 34.8 Å². The molecule has 2 aromatic rings. The molecule has 0 heterocycles. The summed E-state index contributed by atoms with van der Waals surface area (Å²) in [6.07, 6.45) is 0. The molecule has 0 fully saturated rings. The molecule has 1 nitrogen and oxygen atoms in total. The second kappa shape index (κ2) is 5.83. The average molecular weight is 302 g/mol. The van der Waals surface area contributed by atoms with Gasteiger partial charge in [-0.3, -0.25) is 0 Å². The molecule has 0 saturated heterocycles. The van der Waals surface area contributed by atoms with Crippen molar-refractivity contribution in [2.45, 2.75) is 12.8 Å². The van der Waals surface area contributed by atoms with Gasteiger partial charge in [-0.15, -0.1) is 11.6 Å². The Balaban J connectivity index is 2.28. The van der Waals surface area contributed by atoms with Gasteiger partial charge < -0.3 is 4.74 Å². The van der Waals surface area contributed by atoms with Gasteiger partial charge in [0.1, 0.15) is 11.5 Å². The molecular formula is C14H11Cl3O. The second-order valence-electron chi connectivity index (χ2n) is 3.91. The van der Waals surface area contributed by atoms with E-state index in [4.69, 9.17) is 39.5 Å². The number of aryl methyl sites for hydroxylation is 1. The molecule has 0 saturated carbocycles. The van der Waals surface area contributed by atoms with Crippen LogP contribution in [0.3, 0.4) is 0 Å². The third-order valence-electron chi connectivity index (χ3n) is 2.51. The maximum Gasteiger partial charge on any atom is 0.146 e. The van der Waals surface area contributed by atoms with E-state index in [1.54, 1.807) is 12.1 Å². The number of halogens is 3. The van der Waals surface area contributed by atoms with Crippen LogP contribution in [0.4, 0.5) is 0 Å². The molecule has 0 aliphatic heterocycles. The maximum atomic E-state index is 6.13. The monoisotopic (exact) mass is 300 g/mol. The minimum absolute atomic E-state index is 0.431. The zero-order chi connectivity index (χ0) is 13.1. The van der Waals surface area contributed by atoms with Gasteiger partial charge in [0, 0.05) is 10.9 Å². The lowest BCUT2D eigenvalue weighted by atomic mass is 10.2. The SMILES string of the molecule is Cc1cc(Cl)ccc1Oc1ccc(CCl)cc1Cl. The molecule has 94 valence electrons. The van der Waals surface area contributed by atoms with Gasteiger partial charge in [-0.1, -0.05) is 29.3 Å². The maximum absolute atomic E-state index is 6.13.